The second-order valence-electron chi connectivity index (χ2n) is 2.93. The number of allylic oxidation sites excluding steroid dienone is 1. The van der Waals surface area contributed by atoms with E-state index in [1.807, 2.05) is 50.4 Å². The Balaban J connectivity index is 2.61. The van der Waals surface area contributed by atoms with Crippen LogP contribution in [0.2, 0.25) is 0 Å². The van der Waals surface area contributed by atoms with Crippen molar-refractivity contribution < 1.29 is 0 Å². The van der Waals surface area contributed by atoms with Gasteiger partial charge in [0.25, 0.3) is 0 Å². The number of likely N-dealkylation sites (N-methyl/N-ethyl adjacent to an activating group) is 1. The Morgan fingerprint density at radius 1 is 1.29 bits per heavy atom. The van der Waals surface area contributed by atoms with Gasteiger partial charge in [0.05, 0.1) is 0 Å². The fraction of sp³-hybridized carbons (Fsp3) is 0.182. The normalized spacial score (nSPS) is 10.9. The van der Waals surface area contributed by atoms with E-state index in [1.165, 1.54) is 0 Å². The molecule has 0 amide bonds. The fourth-order valence-electron chi connectivity index (χ4n) is 1.05. The van der Waals surface area contributed by atoms with Crippen molar-refractivity contribution in [1.82, 2.24) is 5.32 Å². The number of anilines is 1. The number of para-hydroxylation sites is 1. The molecule has 0 saturated heterocycles. The average molecular weight is 206 g/mol. The second-order valence-corrected chi connectivity index (χ2v) is 3.37. The number of hydrogen-bond acceptors (Lipinski definition) is 2. The molecule has 1 rings (SSSR count). The summed E-state index contributed by atoms with van der Waals surface area (Å²) in [6.45, 7) is 1.98. The molecule has 0 aromatic heterocycles. The standard InChI is InChI=1S/C11H14N2S/c1-9(8-11(14)12-2)13-10-6-4-3-5-7-10/h3-8,13H,1-2H3,(H,12,14)/b9-8-. The molecule has 2 nitrogen and oxygen atoms in total. The molecule has 0 aliphatic carbocycles. The van der Waals surface area contributed by atoms with Gasteiger partial charge in [0, 0.05) is 18.4 Å². The lowest BCUT2D eigenvalue weighted by Gasteiger charge is -2.06. The average Bonchev–Trinajstić information content (AvgIpc) is 2.19. The highest BCUT2D eigenvalue weighted by atomic mass is 32.1. The first-order valence-electron chi connectivity index (χ1n) is 4.44. The molecule has 74 valence electrons. The van der Waals surface area contributed by atoms with Crippen molar-refractivity contribution in [2.45, 2.75) is 6.92 Å². The molecule has 1 aromatic rings. The van der Waals surface area contributed by atoms with Gasteiger partial charge in [0.15, 0.2) is 0 Å². The van der Waals surface area contributed by atoms with Gasteiger partial charge in [-0.15, -0.1) is 0 Å². The zero-order chi connectivity index (χ0) is 10.4. The van der Waals surface area contributed by atoms with E-state index in [9.17, 15) is 0 Å². The van der Waals surface area contributed by atoms with Crippen LogP contribution in [0.1, 0.15) is 6.92 Å². The Morgan fingerprint density at radius 3 is 2.50 bits per heavy atom. The molecule has 0 bridgehead atoms. The SMILES string of the molecule is CNC(=S)/C=C(/C)Nc1ccccc1. The summed E-state index contributed by atoms with van der Waals surface area (Å²) >= 11 is 5.02. The topological polar surface area (TPSA) is 24.1 Å². The van der Waals surface area contributed by atoms with E-state index in [-0.39, 0.29) is 0 Å². The minimum Gasteiger partial charge on any atom is -0.379 e. The molecule has 1 aromatic carbocycles. The van der Waals surface area contributed by atoms with E-state index >= 15 is 0 Å². The summed E-state index contributed by atoms with van der Waals surface area (Å²) < 4.78 is 0. The van der Waals surface area contributed by atoms with Crippen LogP contribution in [0.5, 0.6) is 0 Å². The monoisotopic (exact) mass is 206 g/mol. The van der Waals surface area contributed by atoms with Crippen molar-refractivity contribution in [1.29, 1.82) is 0 Å². The van der Waals surface area contributed by atoms with Crippen LogP contribution in [-0.4, -0.2) is 12.0 Å². The number of rotatable bonds is 3. The molecule has 0 unspecified atom stereocenters. The molecule has 0 aliphatic rings. The van der Waals surface area contributed by atoms with Gasteiger partial charge in [-0.2, -0.15) is 0 Å². The van der Waals surface area contributed by atoms with Gasteiger partial charge in [-0.05, 0) is 25.1 Å². The summed E-state index contributed by atoms with van der Waals surface area (Å²) in [4.78, 5) is 0.728. The predicted molar refractivity (Wildman–Crippen MR) is 65.5 cm³/mol. The lowest BCUT2D eigenvalue weighted by atomic mass is 10.3. The third-order valence-electron chi connectivity index (χ3n) is 1.71. The minimum atomic E-state index is 0.728. The van der Waals surface area contributed by atoms with Crippen LogP contribution >= 0.6 is 12.2 Å². The molecule has 0 spiro atoms. The van der Waals surface area contributed by atoms with Crippen LogP contribution in [0, 0.1) is 0 Å². The fourth-order valence-corrected chi connectivity index (χ4v) is 1.23. The van der Waals surface area contributed by atoms with Crippen LogP contribution in [0.15, 0.2) is 42.1 Å². The Labute approximate surface area is 90.0 Å². The molecule has 0 aliphatic heterocycles. The molecular formula is C11H14N2S. The summed E-state index contributed by atoms with van der Waals surface area (Å²) in [5.74, 6) is 0. The van der Waals surface area contributed by atoms with E-state index in [4.69, 9.17) is 12.2 Å². The highest BCUT2D eigenvalue weighted by Crippen LogP contribution is 2.08. The van der Waals surface area contributed by atoms with Gasteiger partial charge in [-0.1, -0.05) is 30.4 Å². The number of thiocarbonyl (C=S) groups is 1. The van der Waals surface area contributed by atoms with Crippen LogP contribution in [0.4, 0.5) is 5.69 Å². The zero-order valence-electron chi connectivity index (χ0n) is 8.37. The van der Waals surface area contributed by atoms with Gasteiger partial charge in [0.1, 0.15) is 4.99 Å². The van der Waals surface area contributed by atoms with Gasteiger partial charge >= 0.3 is 0 Å². The highest BCUT2D eigenvalue weighted by molar-refractivity contribution is 7.80. The van der Waals surface area contributed by atoms with Crippen molar-refractivity contribution in [3.05, 3.63) is 42.1 Å². The summed E-state index contributed by atoms with van der Waals surface area (Å²) in [6, 6.07) is 10.00. The van der Waals surface area contributed by atoms with Crippen molar-refractivity contribution >= 4 is 22.9 Å². The van der Waals surface area contributed by atoms with E-state index in [0.29, 0.717) is 0 Å². The van der Waals surface area contributed by atoms with Crippen LogP contribution in [0.3, 0.4) is 0 Å². The summed E-state index contributed by atoms with van der Waals surface area (Å²) in [7, 11) is 1.81. The summed E-state index contributed by atoms with van der Waals surface area (Å²) in [5.41, 5.74) is 2.09. The zero-order valence-corrected chi connectivity index (χ0v) is 9.19. The van der Waals surface area contributed by atoms with Gasteiger partial charge < -0.3 is 10.6 Å². The van der Waals surface area contributed by atoms with E-state index in [2.05, 4.69) is 10.6 Å². The predicted octanol–water partition coefficient (Wildman–Crippen LogP) is 2.55. The maximum Gasteiger partial charge on any atom is 0.100 e. The maximum atomic E-state index is 5.02. The van der Waals surface area contributed by atoms with E-state index < -0.39 is 0 Å². The molecule has 2 N–H and O–H groups in total. The Morgan fingerprint density at radius 2 is 1.93 bits per heavy atom. The minimum absolute atomic E-state index is 0.728. The molecule has 0 heterocycles. The highest BCUT2D eigenvalue weighted by Gasteiger charge is 1.92. The Bertz CT molecular complexity index is 330. The van der Waals surface area contributed by atoms with Crippen LogP contribution in [0.25, 0.3) is 0 Å². The second kappa shape index (κ2) is 5.40. The number of hydrogen-bond donors (Lipinski definition) is 2. The van der Waals surface area contributed by atoms with Crippen molar-refractivity contribution in [3.8, 4) is 0 Å². The molecule has 3 heteroatoms. The van der Waals surface area contributed by atoms with Crippen molar-refractivity contribution in [2.75, 3.05) is 12.4 Å². The quantitative estimate of drug-likeness (QED) is 0.587. The van der Waals surface area contributed by atoms with Crippen LogP contribution < -0.4 is 10.6 Å². The summed E-state index contributed by atoms with van der Waals surface area (Å²) in [6.07, 6.45) is 1.89. The van der Waals surface area contributed by atoms with Gasteiger partial charge in [-0.3, -0.25) is 0 Å². The lowest BCUT2D eigenvalue weighted by Crippen LogP contribution is -2.13. The number of nitrogens with one attached hydrogen (secondary N) is 2. The molecule has 14 heavy (non-hydrogen) atoms. The Kier molecular flexibility index (Phi) is 4.13. The molecule has 0 fully saturated rings. The number of benzene rings is 1. The van der Waals surface area contributed by atoms with Crippen LogP contribution in [-0.2, 0) is 0 Å². The molecular weight excluding hydrogens is 192 g/mol. The molecule has 0 saturated carbocycles. The third-order valence-corrected chi connectivity index (χ3v) is 2.03. The first-order chi connectivity index (χ1) is 6.72. The lowest BCUT2D eigenvalue weighted by molar-refractivity contribution is 1.21. The van der Waals surface area contributed by atoms with Gasteiger partial charge in [-0.25, -0.2) is 0 Å². The van der Waals surface area contributed by atoms with Gasteiger partial charge in [0.2, 0.25) is 0 Å². The summed E-state index contributed by atoms with van der Waals surface area (Å²) in [5, 5.41) is 6.14. The first-order valence-corrected chi connectivity index (χ1v) is 4.85. The largest absolute Gasteiger partial charge is 0.379 e. The maximum absolute atomic E-state index is 5.02. The smallest absolute Gasteiger partial charge is 0.100 e. The Hall–Kier alpha value is -1.35. The van der Waals surface area contributed by atoms with Crippen molar-refractivity contribution in [2.24, 2.45) is 0 Å². The third kappa shape index (κ3) is 3.58. The van der Waals surface area contributed by atoms with Crippen molar-refractivity contribution in [3.63, 3.8) is 0 Å². The molecule has 0 atom stereocenters. The first kappa shape index (κ1) is 10.7. The molecule has 0 radical (unpaired) electrons. The van der Waals surface area contributed by atoms with E-state index in [1.54, 1.807) is 0 Å². The van der Waals surface area contributed by atoms with E-state index in [0.717, 1.165) is 16.4 Å².